The summed E-state index contributed by atoms with van der Waals surface area (Å²) in [7, 11) is 1.61. The fraction of sp³-hybridized carbons (Fsp3) is 0.520. The molecule has 2 aromatic rings. The average Bonchev–Trinajstić information content (AvgIpc) is 3.27. The highest BCUT2D eigenvalue weighted by atomic mass is 32.1. The molecule has 0 saturated carbocycles. The van der Waals surface area contributed by atoms with Crippen molar-refractivity contribution in [3.05, 3.63) is 46.2 Å². The zero-order valence-electron chi connectivity index (χ0n) is 20.2. The minimum absolute atomic E-state index is 0.0175. The van der Waals surface area contributed by atoms with Crippen LogP contribution in [0.1, 0.15) is 50.6 Å². The van der Waals surface area contributed by atoms with Crippen LogP contribution in [-0.4, -0.2) is 60.6 Å². The average molecular weight is 474 g/mol. The maximum absolute atomic E-state index is 13.5. The van der Waals surface area contributed by atoms with Crippen LogP contribution in [0.2, 0.25) is 0 Å². The number of methoxy groups -OCH3 is 1. The van der Waals surface area contributed by atoms with Gasteiger partial charge in [0.2, 0.25) is 5.91 Å². The van der Waals surface area contributed by atoms with Gasteiger partial charge in [-0.25, -0.2) is 4.79 Å². The van der Waals surface area contributed by atoms with Crippen molar-refractivity contribution in [1.29, 1.82) is 0 Å². The summed E-state index contributed by atoms with van der Waals surface area (Å²) in [6, 6.07) is 9.14. The predicted molar refractivity (Wildman–Crippen MR) is 131 cm³/mol. The summed E-state index contributed by atoms with van der Waals surface area (Å²) in [6.45, 7) is 9.35. The monoisotopic (exact) mass is 473 g/mol. The van der Waals surface area contributed by atoms with Gasteiger partial charge in [-0.05, 0) is 62.8 Å². The van der Waals surface area contributed by atoms with Crippen molar-refractivity contribution in [2.24, 2.45) is 0 Å². The third-order valence-electron chi connectivity index (χ3n) is 5.76. The van der Waals surface area contributed by atoms with Gasteiger partial charge in [0.1, 0.15) is 13.2 Å². The van der Waals surface area contributed by atoms with Crippen LogP contribution in [0.15, 0.2) is 35.7 Å². The molecule has 1 aliphatic heterocycles. The highest BCUT2D eigenvalue weighted by Crippen LogP contribution is 2.35. The van der Waals surface area contributed by atoms with Gasteiger partial charge in [-0.2, -0.15) is 0 Å². The molecule has 0 unspecified atom stereocenters. The Morgan fingerprint density at radius 1 is 1.21 bits per heavy atom. The molecule has 180 valence electrons. The number of fused-ring (bicyclic) bond motifs is 1. The van der Waals surface area contributed by atoms with Gasteiger partial charge < -0.3 is 24.6 Å². The lowest BCUT2D eigenvalue weighted by atomic mass is 10.00. The van der Waals surface area contributed by atoms with Gasteiger partial charge in [0.25, 0.3) is 0 Å². The van der Waals surface area contributed by atoms with E-state index in [1.54, 1.807) is 23.3 Å². The first-order valence-corrected chi connectivity index (χ1v) is 12.3. The zero-order chi connectivity index (χ0) is 24.0. The van der Waals surface area contributed by atoms with Gasteiger partial charge >= 0.3 is 6.03 Å². The minimum Gasteiger partial charge on any atom is -0.493 e. The number of urea groups is 1. The number of hydrogen-bond donors (Lipinski definition) is 1. The van der Waals surface area contributed by atoms with Crippen molar-refractivity contribution >= 4 is 23.3 Å². The SMILES string of the molecule is CCCNC(=O)N(CC(=O)N1CCc2sccc2[C@@H]1COc1ccccc1OC)C(C)(C)C. The molecule has 8 heteroatoms. The Kier molecular flexibility index (Phi) is 8.24. The second kappa shape index (κ2) is 10.9. The largest absolute Gasteiger partial charge is 0.493 e. The Hall–Kier alpha value is -2.74. The molecule has 1 aromatic carbocycles. The number of carbonyl (C=O) groups excluding carboxylic acids is 2. The minimum atomic E-state index is -0.486. The fourth-order valence-electron chi connectivity index (χ4n) is 3.95. The molecule has 2 heterocycles. The fourth-order valence-corrected chi connectivity index (χ4v) is 4.88. The molecular weight excluding hydrogens is 438 g/mol. The molecule has 0 fully saturated rings. The van der Waals surface area contributed by atoms with Crippen LogP contribution < -0.4 is 14.8 Å². The molecular formula is C25H35N3O4S. The first kappa shape index (κ1) is 24.9. The summed E-state index contributed by atoms with van der Waals surface area (Å²) < 4.78 is 11.5. The third kappa shape index (κ3) is 5.99. The molecule has 3 rings (SSSR count). The van der Waals surface area contributed by atoms with Crippen LogP contribution in [0.3, 0.4) is 0 Å². The van der Waals surface area contributed by atoms with Crippen LogP contribution in [-0.2, 0) is 11.2 Å². The van der Waals surface area contributed by atoms with Crippen LogP contribution in [0, 0.1) is 0 Å². The van der Waals surface area contributed by atoms with Crippen molar-refractivity contribution in [2.45, 2.75) is 52.1 Å². The lowest BCUT2D eigenvalue weighted by Gasteiger charge is -2.40. The summed E-state index contributed by atoms with van der Waals surface area (Å²) in [5, 5.41) is 4.97. The summed E-state index contributed by atoms with van der Waals surface area (Å²) in [4.78, 5) is 31.1. The number of carbonyl (C=O) groups is 2. The second-order valence-electron chi connectivity index (χ2n) is 9.10. The number of amides is 3. The van der Waals surface area contributed by atoms with E-state index in [-0.39, 0.29) is 24.5 Å². The maximum Gasteiger partial charge on any atom is 0.318 e. The molecule has 1 N–H and O–H groups in total. The first-order chi connectivity index (χ1) is 15.8. The Labute approximate surface area is 200 Å². The molecule has 1 atom stereocenters. The number of ether oxygens (including phenoxy) is 2. The summed E-state index contributed by atoms with van der Waals surface area (Å²) in [5.74, 6) is 1.22. The number of para-hydroxylation sites is 2. The Morgan fingerprint density at radius 3 is 2.61 bits per heavy atom. The van der Waals surface area contributed by atoms with Gasteiger partial charge in [-0.15, -0.1) is 11.3 Å². The van der Waals surface area contributed by atoms with E-state index in [1.807, 2.05) is 56.9 Å². The van der Waals surface area contributed by atoms with Crippen molar-refractivity contribution in [3.8, 4) is 11.5 Å². The van der Waals surface area contributed by atoms with Crippen LogP contribution in [0.25, 0.3) is 0 Å². The summed E-state index contributed by atoms with van der Waals surface area (Å²) in [6.07, 6.45) is 1.65. The highest BCUT2D eigenvalue weighted by molar-refractivity contribution is 7.10. The molecule has 0 radical (unpaired) electrons. The molecule has 0 saturated heterocycles. The number of nitrogens with zero attached hydrogens (tertiary/aromatic N) is 2. The van der Waals surface area contributed by atoms with Crippen LogP contribution in [0.4, 0.5) is 4.79 Å². The van der Waals surface area contributed by atoms with Crippen molar-refractivity contribution in [2.75, 3.05) is 33.4 Å². The van der Waals surface area contributed by atoms with Crippen molar-refractivity contribution < 1.29 is 19.1 Å². The summed E-state index contributed by atoms with van der Waals surface area (Å²) >= 11 is 1.71. The molecule has 33 heavy (non-hydrogen) atoms. The lowest BCUT2D eigenvalue weighted by Crippen LogP contribution is -2.55. The van der Waals surface area contributed by atoms with E-state index >= 15 is 0 Å². The maximum atomic E-state index is 13.5. The van der Waals surface area contributed by atoms with E-state index < -0.39 is 5.54 Å². The smallest absolute Gasteiger partial charge is 0.318 e. The molecule has 1 aliphatic rings. The number of thiophene rings is 1. The Bertz CT molecular complexity index is 953. The van der Waals surface area contributed by atoms with E-state index in [9.17, 15) is 9.59 Å². The van der Waals surface area contributed by atoms with Gasteiger partial charge in [0, 0.05) is 23.5 Å². The normalized spacial score (nSPS) is 15.5. The first-order valence-electron chi connectivity index (χ1n) is 11.4. The van der Waals surface area contributed by atoms with E-state index in [0.717, 1.165) is 18.4 Å². The second-order valence-corrected chi connectivity index (χ2v) is 10.1. The van der Waals surface area contributed by atoms with Crippen molar-refractivity contribution in [1.82, 2.24) is 15.1 Å². The standard InChI is InChI=1S/C25H35N3O4S/c1-6-13-26-24(30)28(25(2,3)4)16-23(29)27-14-11-22-18(12-15-33-22)19(27)17-32-21-10-8-7-9-20(21)31-5/h7-10,12,15,19H,6,11,13-14,16-17H2,1-5H3,(H,26,30)/t19-/m0/s1. The lowest BCUT2D eigenvalue weighted by molar-refractivity contribution is -0.136. The van der Waals surface area contributed by atoms with Gasteiger partial charge in [0.15, 0.2) is 11.5 Å². The van der Waals surface area contributed by atoms with E-state index in [4.69, 9.17) is 9.47 Å². The quantitative estimate of drug-likeness (QED) is 0.614. The van der Waals surface area contributed by atoms with E-state index in [2.05, 4.69) is 16.8 Å². The number of rotatable bonds is 8. The molecule has 1 aromatic heterocycles. The van der Waals surface area contributed by atoms with Crippen LogP contribution >= 0.6 is 11.3 Å². The molecule has 3 amide bonds. The molecule has 0 spiro atoms. The van der Waals surface area contributed by atoms with E-state index in [1.165, 1.54) is 4.88 Å². The third-order valence-corrected chi connectivity index (χ3v) is 6.75. The number of nitrogens with one attached hydrogen (secondary N) is 1. The van der Waals surface area contributed by atoms with Gasteiger partial charge in [-0.1, -0.05) is 19.1 Å². The summed E-state index contributed by atoms with van der Waals surface area (Å²) in [5.41, 5.74) is 0.632. The highest BCUT2D eigenvalue weighted by Gasteiger charge is 2.36. The Morgan fingerprint density at radius 2 is 1.94 bits per heavy atom. The molecule has 0 aliphatic carbocycles. The zero-order valence-corrected chi connectivity index (χ0v) is 21.0. The van der Waals surface area contributed by atoms with Crippen LogP contribution in [0.5, 0.6) is 11.5 Å². The van der Waals surface area contributed by atoms with Crippen molar-refractivity contribution in [3.63, 3.8) is 0 Å². The topological polar surface area (TPSA) is 71.1 Å². The van der Waals surface area contributed by atoms with E-state index in [0.29, 0.717) is 31.2 Å². The predicted octanol–water partition coefficient (Wildman–Crippen LogP) is 4.48. The van der Waals surface area contributed by atoms with Gasteiger partial charge in [0.05, 0.1) is 13.2 Å². The Balaban J connectivity index is 1.80. The number of hydrogen-bond acceptors (Lipinski definition) is 5. The molecule has 0 bridgehead atoms. The molecule has 7 nitrogen and oxygen atoms in total. The number of benzene rings is 1. The van der Waals surface area contributed by atoms with Gasteiger partial charge in [-0.3, -0.25) is 4.79 Å².